The number of benzene rings is 2. The molecule has 1 aromatic heterocycles. The van der Waals surface area contributed by atoms with Crippen molar-refractivity contribution in [3.63, 3.8) is 0 Å². The lowest BCUT2D eigenvalue weighted by atomic mass is 9.81. The molecule has 1 aliphatic heterocycles. The van der Waals surface area contributed by atoms with Gasteiger partial charge in [0.1, 0.15) is 17.0 Å². The van der Waals surface area contributed by atoms with Crippen LogP contribution in [0.2, 0.25) is 0 Å². The van der Waals surface area contributed by atoms with Crippen molar-refractivity contribution in [1.29, 1.82) is 5.26 Å². The molecule has 0 aliphatic carbocycles. The van der Waals surface area contributed by atoms with Gasteiger partial charge < -0.3 is 4.42 Å². The first kappa shape index (κ1) is 17.4. The van der Waals surface area contributed by atoms with Crippen molar-refractivity contribution in [2.24, 2.45) is 5.92 Å². The van der Waals surface area contributed by atoms with E-state index in [0.717, 1.165) is 11.8 Å². The Morgan fingerprint density at radius 1 is 1.15 bits per heavy atom. The highest BCUT2D eigenvalue weighted by Crippen LogP contribution is 2.48. The zero-order valence-electron chi connectivity index (χ0n) is 14.8. The smallest absolute Gasteiger partial charge is 0.232 e. The second-order valence-electron chi connectivity index (χ2n) is 6.73. The van der Waals surface area contributed by atoms with Crippen molar-refractivity contribution in [1.82, 2.24) is 0 Å². The summed E-state index contributed by atoms with van der Waals surface area (Å²) in [5.41, 5.74) is 2.54. The summed E-state index contributed by atoms with van der Waals surface area (Å²) in [6.07, 6.45) is 1.16. The van der Waals surface area contributed by atoms with Crippen molar-refractivity contribution in [2.75, 3.05) is 17.1 Å². The first-order valence-electron chi connectivity index (χ1n) is 8.53. The molecule has 0 amide bonds. The van der Waals surface area contributed by atoms with E-state index < -0.39 is 21.9 Å². The number of para-hydroxylation sites is 1. The van der Waals surface area contributed by atoms with E-state index in [1.54, 1.807) is 0 Å². The monoisotopic (exact) mass is 378 g/mol. The Morgan fingerprint density at radius 3 is 2.48 bits per heavy atom. The van der Waals surface area contributed by atoms with E-state index in [2.05, 4.69) is 12.6 Å². The van der Waals surface area contributed by atoms with Crippen molar-refractivity contribution >= 4 is 26.7 Å². The zero-order valence-corrected chi connectivity index (χ0v) is 15.6. The molecule has 0 fully saturated rings. The summed E-state index contributed by atoms with van der Waals surface area (Å²) >= 11 is 0. The second-order valence-corrected chi connectivity index (χ2v) is 8.64. The van der Waals surface area contributed by atoms with Crippen molar-refractivity contribution < 1.29 is 12.8 Å². The fraction of sp³-hybridized carbons (Fsp3) is 0.190. The van der Waals surface area contributed by atoms with E-state index >= 15 is 0 Å². The third kappa shape index (κ3) is 2.81. The number of rotatable bonds is 2. The molecule has 4 rings (SSSR count). The van der Waals surface area contributed by atoms with Gasteiger partial charge in [-0.15, -0.1) is 0 Å². The third-order valence-electron chi connectivity index (χ3n) is 4.95. The third-order valence-corrected chi connectivity index (χ3v) is 6.06. The minimum Gasteiger partial charge on any atom is -0.458 e. The summed E-state index contributed by atoms with van der Waals surface area (Å²) in [5, 5.41) is 10.6. The van der Waals surface area contributed by atoms with E-state index in [-0.39, 0.29) is 6.54 Å². The molecule has 0 spiro atoms. The van der Waals surface area contributed by atoms with Gasteiger partial charge in [-0.25, -0.2) is 8.42 Å². The van der Waals surface area contributed by atoms with Crippen LogP contribution in [0.4, 0.5) is 5.69 Å². The molecule has 6 heteroatoms. The maximum absolute atomic E-state index is 12.6. The molecular formula is C21H18N2O3S. The predicted octanol–water partition coefficient (Wildman–Crippen LogP) is 4.04. The number of hydrogen-bond acceptors (Lipinski definition) is 4. The Balaban J connectivity index is 2.10. The molecule has 0 unspecified atom stereocenters. The van der Waals surface area contributed by atoms with Gasteiger partial charge in [-0.3, -0.25) is 4.31 Å². The fourth-order valence-electron chi connectivity index (χ4n) is 3.72. The molecule has 3 aromatic rings. The predicted molar refractivity (Wildman–Crippen MR) is 105 cm³/mol. The van der Waals surface area contributed by atoms with Crippen LogP contribution in [0.25, 0.3) is 11.0 Å². The van der Waals surface area contributed by atoms with Gasteiger partial charge in [-0.1, -0.05) is 49.0 Å². The Labute approximate surface area is 158 Å². The normalized spacial score (nSPS) is 20.1. The highest BCUT2D eigenvalue weighted by atomic mass is 32.2. The molecule has 2 atom stereocenters. The molecule has 0 saturated heterocycles. The van der Waals surface area contributed by atoms with Crippen LogP contribution >= 0.6 is 0 Å². The summed E-state index contributed by atoms with van der Waals surface area (Å²) in [6, 6.07) is 19.2. The number of hydrogen-bond donors (Lipinski definition) is 0. The summed E-state index contributed by atoms with van der Waals surface area (Å²) < 4.78 is 32.6. The van der Waals surface area contributed by atoms with E-state index in [9.17, 15) is 13.7 Å². The van der Waals surface area contributed by atoms with E-state index in [0.29, 0.717) is 28.0 Å². The molecule has 27 heavy (non-hydrogen) atoms. The standard InChI is InChI=1S/C21H18N2O3S/c1-14-13-23(27(2,24)25)20-16-10-6-7-11-18(16)26-21(20)19(17(14)12-22)15-8-4-3-5-9-15/h3-11,17,19H,1,13H2,2H3/t17-,19-/m0/s1. The van der Waals surface area contributed by atoms with Gasteiger partial charge in [0.05, 0.1) is 30.7 Å². The number of fused-ring (bicyclic) bond motifs is 3. The van der Waals surface area contributed by atoms with Crippen molar-refractivity contribution in [3.05, 3.63) is 78.1 Å². The molecule has 1 aliphatic rings. The SMILES string of the molecule is C=C1CN(S(C)(=O)=O)c2c(oc3ccccc23)[C@@H](c2ccccc2)[C@H]1C#N. The Morgan fingerprint density at radius 2 is 1.81 bits per heavy atom. The van der Waals surface area contributed by atoms with E-state index in [1.807, 2.05) is 54.6 Å². The fourth-order valence-corrected chi connectivity index (χ4v) is 4.64. The quantitative estimate of drug-likeness (QED) is 0.631. The van der Waals surface area contributed by atoms with Crippen LogP contribution < -0.4 is 4.31 Å². The van der Waals surface area contributed by atoms with Crippen molar-refractivity contribution in [2.45, 2.75) is 5.92 Å². The van der Waals surface area contributed by atoms with Crippen LogP contribution in [0.5, 0.6) is 0 Å². The van der Waals surface area contributed by atoms with Crippen LogP contribution in [-0.4, -0.2) is 21.2 Å². The first-order chi connectivity index (χ1) is 12.9. The average Bonchev–Trinajstić information content (AvgIpc) is 2.96. The van der Waals surface area contributed by atoms with Gasteiger partial charge in [-0.05, 0) is 23.3 Å². The lowest BCUT2D eigenvalue weighted by molar-refractivity contribution is 0.493. The number of anilines is 1. The van der Waals surface area contributed by atoms with Crippen LogP contribution in [0.3, 0.4) is 0 Å². The van der Waals surface area contributed by atoms with Crippen LogP contribution in [0.1, 0.15) is 17.2 Å². The minimum atomic E-state index is -3.59. The van der Waals surface area contributed by atoms with Crippen LogP contribution in [-0.2, 0) is 10.0 Å². The molecule has 2 aromatic carbocycles. The van der Waals surface area contributed by atoms with Crippen molar-refractivity contribution in [3.8, 4) is 6.07 Å². The molecule has 136 valence electrons. The Bertz CT molecular complexity index is 1170. The maximum atomic E-state index is 12.6. The summed E-state index contributed by atoms with van der Waals surface area (Å²) in [5.74, 6) is -0.547. The maximum Gasteiger partial charge on any atom is 0.232 e. The average molecular weight is 378 g/mol. The molecule has 0 N–H and O–H groups in total. The summed E-state index contributed by atoms with van der Waals surface area (Å²) in [4.78, 5) is 0. The first-order valence-corrected chi connectivity index (χ1v) is 10.4. The molecular weight excluding hydrogens is 360 g/mol. The molecule has 2 heterocycles. The number of sulfonamides is 1. The number of furan rings is 1. The highest BCUT2D eigenvalue weighted by molar-refractivity contribution is 7.92. The van der Waals surface area contributed by atoms with E-state index in [1.165, 1.54) is 4.31 Å². The lowest BCUT2D eigenvalue weighted by Crippen LogP contribution is -2.31. The second kappa shape index (κ2) is 6.29. The largest absolute Gasteiger partial charge is 0.458 e. The van der Waals surface area contributed by atoms with Gasteiger partial charge in [0.15, 0.2) is 0 Å². The van der Waals surface area contributed by atoms with Crippen LogP contribution in [0, 0.1) is 17.2 Å². The van der Waals surface area contributed by atoms with Gasteiger partial charge in [-0.2, -0.15) is 5.26 Å². The lowest BCUT2D eigenvalue weighted by Gasteiger charge is -2.21. The molecule has 5 nitrogen and oxygen atoms in total. The molecule has 0 saturated carbocycles. The zero-order chi connectivity index (χ0) is 19.2. The minimum absolute atomic E-state index is 0.0525. The molecule has 0 radical (unpaired) electrons. The summed E-state index contributed by atoms with van der Waals surface area (Å²) in [6.45, 7) is 4.09. The van der Waals surface area contributed by atoms with Gasteiger partial charge >= 0.3 is 0 Å². The van der Waals surface area contributed by atoms with Gasteiger partial charge in [0.2, 0.25) is 10.0 Å². The number of nitrogens with zero attached hydrogens (tertiary/aromatic N) is 2. The topological polar surface area (TPSA) is 74.3 Å². The van der Waals surface area contributed by atoms with Gasteiger partial charge in [0.25, 0.3) is 0 Å². The molecule has 0 bridgehead atoms. The Hall–Kier alpha value is -3.04. The Kier molecular flexibility index (Phi) is 4.05. The van der Waals surface area contributed by atoms with Crippen LogP contribution in [0.15, 0.2) is 71.2 Å². The summed E-state index contributed by atoms with van der Waals surface area (Å²) in [7, 11) is -3.59. The highest BCUT2D eigenvalue weighted by Gasteiger charge is 2.40. The van der Waals surface area contributed by atoms with Gasteiger partial charge in [0, 0.05) is 5.39 Å². The number of nitriles is 1. The van der Waals surface area contributed by atoms with E-state index in [4.69, 9.17) is 4.42 Å².